The molecule has 140 valence electrons. The molecule has 1 fully saturated rings. The Labute approximate surface area is 153 Å². The molecule has 1 aliphatic heterocycles. The molecule has 0 saturated carbocycles. The maximum atomic E-state index is 15.4. The van der Waals surface area contributed by atoms with E-state index in [9.17, 15) is 12.8 Å². The lowest BCUT2D eigenvalue weighted by molar-refractivity contribution is 0.164. The van der Waals surface area contributed by atoms with Crippen LogP contribution in [0.15, 0.2) is 58.2 Å². The minimum Gasteiger partial charge on any atom is -0.334 e. The van der Waals surface area contributed by atoms with Crippen molar-refractivity contribution >= 4 is 10.0 Å². The van der Waals surface area contributed by atoms with E-state index in [0.29, 0.717) is 5.56 Å². The van der Waals surface area contributed by atoms with Gasteiger partial charge in [0.05, 0.1) is 11.4 Å². The van der Waals surface area contributed by atoms with Crippen molar-refractivity contribution in [1.82, 2.24) is 19.4 Å². The number of benzene rings is 1. The molecule has 10 heteroatoms. The van der Waals surface area contributed by atoms with Gasteiger partial charge in [0.15, 0.2) is 5.67 Å². The van der Waals surface area contributed by atoms with Gasteiger partial charge in [-0.05, 0) is 36.4 Å². The molecule has 0 aliphatic carbocycles. The van der Waals surface area contributed by atoms with Crippen molar-refractivity contribution < 1.29 is 21.7 Å². The van der Waals surface area contributed by atoms with Crippen LogP contribution in [0.3, 0.4) is 0 Å². The molecule has 2 aromatic heterocycles. The van der Waals surface area contributed by atoms with E-state index in [1.807, 2.05) is 0 Å². The quantitative estimate of drug-likeness (QED) is 0.678. The molecular formula is C17H14F2N4O3S. The van der Waals surface area contributed by atoms with Crippen molar-refractivity contribution in [1.29, 1.82) is 0 Å². The molecule has 4 rings (SSSR count). The fourth-order valence-electron chi connectivity index (χ4n) is 2.90. The minimum atomic E-state index is -3.95. The lowest BCUT2D eigenvalue weighted by Crippen LogP contribution is -2.32. The first kappa shape index (κ1) is 17.7. The number of sulfonamides is 1. The van der Waals surface area contributed by atoms with Crippen LogP contribution in [-0.2, 0) is 15.7 Å². The molecule has 3 aromatic rings. The molecule has 0 spiro atoms. The standard InChI is InChI=1S/C17H14F2N4O3S/c18-13-1-3-14(4-2-13)27(24,25)23-10-7-17(19,11-23)16-21-15(26-22-16)12-5-8-20-9-6-12/h1-6,8-9H,7,10-11H2. The van der Waals surface area contributed by atoms with E-state index in [0.717, 1.165) is 28.6 Å². The summed E-state index contributed by atoms with van der Waals surface area (Å²) in [6.07, 6.45) is 2.97. The average Bonchev–Trinajstić information content (AvgIpc) is 3.31. The van der Waals surface area contributed by atoms with Gasteiger partial charge in [-0.15, -0.1) is 0 Å². The van der Waals surface area contributed by atoms with Crippen LogP contribution in [0, 0.1) is 5.82 Å². The van der Waals surface area contributed by atoms with Crippen LogP contribution in [0.5, 0.6) is 0 Å². The van der Waals surface area contributed by atoms with E-state index in [2.05, 4.69) is 15.1 Å². The van der Waals surface area contributed by atoms with Crippen molar-refractivity contribution in [2.45, 2.75) is 17.0 Å². The third kappa shape index (κ3) is 3.21. The normalized spacial score (nSPS) is 20.8. The lowest BCUT2D eigenvalue weighted by atomic mass is 10.1. The molecule has 1 saturated heterocycles. The van der Waals surface area contributed by atoms with E-state index in [1.54, 1.807) is 12.1 Å². The summed E-state index contributed by atoms with van der Waals surface area (Å²) >= 11 is 0. The molecule has 0 bridgehead atoms. The number of rotatable bonds is 4. The van der Waals surface area contributed by atoms with Crippen LogP contribution < -0.4 is 0 Å². The van der Waals surface area contributed by atoms with Gasteiger partial charge in [0.25, 0.3) is 5.89 Å². The zero-order chi connectivity index (χ0) is 19.1. The molecule has 1 atom stereocenters. The van der Waals surface area contributed by atoms with Crippen LogP contribution >= 0.6 is 0 Å². The van der Waals surface area contributed by atoms with E-state index in [1.165, 1.54) is 12.4 Å². The highest BCUT2D eigenvalue weighted by Crippen LogP contribution is 2.37. The predicted octanol–water partition coefficient (Wildman–Crippen LogP) is 2.53. The Morgan fingerprint density at radius 1 is 1.11 bits per heavy atom. The Balaban J connectivity index is 1.58. The van der Waals surface area contributed by atoms with Crippen LogP contribution in [-0.4, -0.2) is 40.9 Å². The second kappa shape index (κ2) is 6.46. The van der Waals surface area contributed by atoms with Crippen molar-refractivity contribution in [2.75, 3.05) is 13.1 Å². The van der Waals surface area contributed by atoms with Crippen LogP contribution in [0.25, 0.3) is 11.5 Å². The Morgan fingerprint density at radius 3 is 2.52 bits per heavy atom. The first-order valence-corrected chi connectivity index (χ1v) is 9.52. The smallest absolute Gasteiger partial charge is 0.258 e. The van der Waals surface area contributed by atoms with E-state index in [-0.39, 0.29) is 29.6 Å². The number of halogens is 2. The Bertz CT molecular complexity index is 1060. The van der Waals surface area contributed by atoms with Gasteiger partial charge in [0, 0.05) is 30.9 Å². The number of hydrogen-bond donors (Lipinski definition) is 0. The highest BCUT2D eigenvalue weighted by molar-refractivity contribution is 7.89. The van der Waals surface area contributed by atoms with E-state index >= 15 is 4.39 Å². The highest BCUT2D eigenvalue weighted by atomic mass is 32.2. The average molecular weight is 392 g/mol. The molecule has 1 aromatic carbocycles. The molecule has 1 unspecified atom stereocenters. The molecule has 1 aliphatic rings. The first-order chi connectivity index (χ1) is 12.9. The summed E-state index contributed by atoms with van der Waals surface area (Å²) in [7, 11) is -3.95. The highest BCUT2D eigenvalue weighted by Gasteiger charge is 2.48. The van der Waals surface area contributed by atoms with Crippen molar-refractivity contribution in [3.8, 4) is 11.5 Å². The van der Waals surface area contributed by atoms with Gasteiger partial charge in [-0.25, -0.2) is 17.2 Å². The van der Waals surface area contributed by atoms with Crippen LogP contribution in [0.2, 0.25) is 0 Å². The second-order valence-electron chi connectivity index (χ2n) is 6.17. The molecule has 27 heavy (non-hydrogen) atoms. The zero-order valence-electron chi connectivity index (χ0n) is 13.9. The molecular weight excluding hydrogens is 378 g/mol. The van der Waals surface area contributed by atoms with Crippen molar-refractivity contribution in [3.05, 3.63) is 60.4 Å². The largest absolute Gasteiger partial charge is 0.334 e. The predicted molar refractivity (Wildman–Crippen MR) is 90.1 cm³/mol. The minimum absolute atomic E-state index is 0.0463. The summed E-state index contributed by atoms with van der Waals surface area (Å²) in [5, 5.41) is 3.69. The third-order valence-electron chi connectivity index (χ3n) is 4.39. The fourth-order valence-corrected chi connectivity index (χ4v) is 4.38. The Hall–Kier alpha value is -2.72. The van der Waals surface area contributed by atoms with E-state index < -0.39 is 28.1 Å². The monoisotopic (exact) mass is 392 g/mol. The Kier molecular flexibility index (Phi) is 4.23. The molecule has 0 N–H and O–H groups in total. The molecule has 7 nitrogen and oxygen atoms in total. The van der Waals surface area contributed by atoms with Gasteiger partial charge in [0.2, 0.25) is 15.8 Å². The molecule has 0 radical (unpaired) electrons. The van der Waals surface area contributed by atoms with Gasteiger partial charge >= 0.3 is 0 Å². The Morgan fingerprint density at radius 2 is 1.81 bits per heavy atom. The number of alkyl halides is 1. The number of hydrogen-bond acceptors (Lipinski definition) is 6. The molecule has 0 amide bonds. The van der Waals surface area contributed by atoms with E-state index in [4.69, 9.17) is 4.52 Å². The molecule has 3 heterocycles. The van der Waals surface area contributed by atoms with Crippen LogP contribution in [0.1, 0.15) is 12.2 Å². The van der Waals surface area contributed by atoms with Crippen molar-refractivity contribution in [2.24, 2.45) is 0 Å². The topological polar surface area (TPSA) is 89.2 Å². The maximum absolute atomic E-state index is 15.4. The van der Waals surface area contributed by atoms with Gasteiger partial charge in [-0.3, -0.25) is 4.98 Å². The SMILES string of the molecule is O=S(=O)(c1ccc(F)cc1)N1CCC(F)(c2noc(-c3ccncc3)n2)C1. The summed E-state index contributed by atoms with van der Waals surface area (Å²) in [6, 6.07) is 7.68. The number of pyridine rings is 1. The summed E-state index contributed by atoms with van der Waals surface area (Å²) in [4.78, 5) is 7.86. The third-order valence-corrected chi connectivity index (χ3v) is 6.25. The summed E-state index contributed by atoms with van der Waals surface area (Å²) in [5.74, 6) is -0.624. The fraction of sp³-hybridized carbons (Fsp3) is 0.235. The summed E-state index contributed by atoms with van der Waals surface area (Å²) in [5.41, 5.74) is -1.48. The maximum Gasteiger partial charge on any atom is 0.258 e. The van der Waals surface area contributed by atoms with Crippen LogP contribution in [0.4, 0.5) is 8.78 Å². The first-order valence-electron chi connectivity index (χ1n) is 8.08. The second-order valence-corrected chi connectivity index (χ2v) is 8.10. The van der Waals surface area contributed by atoms with Crippen molar-refractivity contribution in [3.63, 3.8) is 0 Å². The zero-order valence-corrected chi connectivity index (χ0v) is 14.7. The number of aromatic nitrogens is 3. The van der Waals surface area contributed by atoms with Gasteiger partial charge in [-0.2, -0.15) is 9.29 Å². The summed E-state index contributed by atoms with van der Waals surface area (Å²) < 4.78 is 59.8. The summed E-state index contributed by atoms with van der Waals surface area (Å²) in [6.45, 7) is -0.489. The van der Waals surface area contributed by atoms with Gasteiger partial charge in [0.1, 0.15) is 5.82 Å². The number of nitrogens with zero attached hydrogens (tertiary/aromatic N) is 4. The lowest BCUT2D eigenvalue weighted by Gasteiger charge is -2.18. The van der Waals surface area contributed by atoms with Gasteiger partial charge < -0.3 is 4.52 Å². The van der Waals surface area contributed by atoms with Gasteiger partial charge in [-0.1, -0.05) is 5.16 Å².